The van der Waals surface area contributed by atoms with E-state index in [2.05, 4.69) is 20.4 Å². The molecule has 1 aromatic carbocycles. The summed E-state index contributed by atoms with van der Waals surface area (Å²) in [5.74, 6) is -0.430. The molecule has 3 heterocycles. The minimum atomic E-state index is -0.588. The maximum absolute atomic E-state index is 12.8. The molecule has 9 nitrogen and oxygen atoms in total. The fraction of sp³-hybridized carbons (Fsp3) is 0.125. The van der Waals surface area contributed by atoms with Gasteiger partial charge in [-0.05, 0) is 61.2 Å². The highest BCUT2D eigenvalue weighted by Crippen LogP contribution is 2.38. The van der Waals surface area contributed by atoms with Gasteiger partial charge in [-0.15, -0.1) is 0 Å². The lowest BCUT2D eigenvalue weighted by molar-refractivity contribution is 0.0992. The van der Waals surface area contributed by atoms with Gasteiger partial charge in [-0.25, -0.2) is 9.67 Å². The second-order valence-corrected chi connectivity index (χ2v) is 7.91. The molecular weight excluding hydrogens is 418 g/mol. The number of aryl methyl sites for hydroxylation is 2. The minimum absolute atomic E-state index is 0.222. The third kappa shape index (κ3) is 3.59. The lowest BCUT2D eigenvalue weighted by Gasteiger charge is -2.20. The Morgan fingerprint density at radius 1 is 1.09 bits per heavy atom. The molecule has 4 aromatic rings. The maximum atomic E-state index is 12.8. The van der Waals surface area contributed by atoms with Crippen molar-refractivity contribution >= 4 is 23.3 Å². The van der Waals surface area contributed by atoms with Crippen molar-refractivity contribution in [3.05, 3.63) is 82.9 Å². The largest absolute Gasteiger partial charge is 0.384 e. The first-order valence-electron chi connectivity index (χ1n) is 10.4. The van der Waals surface area contributed by atoms with Gasteiger partial charge in [-0.2, -0.15) is 5.10 Å². The van der Waals surface area contributed by atoms with E-state index >= 15 is 0 Å². The predicted octanol–water partition coefficient (Wildman–Crippen LogP) is 2.67. The molecule has 1 aliphatic rings. The molecule has 9 heteroatoms. The Labute approximate surface area is 189 Å². The van der Waals surface area contributed by atoms with Gasteiger partial charge in [0, 0.05) is 34.8 Å². The van der Waals surface area contributed by atoms with Gasteiger partial charge >= 0.3 is 0 Å². The quantitative estimate of drug-likeness (QED) is 0.446. The summed E-state index contributed by atoms with van der Waals surface area (Å²) in [6, 6.07) is 10.9. The Hall–Kier alpha value is -4.53. The Morgan fingerprint density at radius 2 is 1.94 bits per heavy atom. The molecule has 164 valence electrons. The van der Waals surface area contributed by atoms with Crippen molar-refractivity contribution in [1.29, 1.82) is 0 Å². The van der Waals surface area contributed by atoms with Crippen LogP contribution in [-0.4, -0.2) is 31.6 Å². The number of nitrogens with zero attached hydrogens (tertiary/aromatic N) is 4. The molecule has 0 atom stereocenters. The standard InChI is InChI=1S/C24H21N7O2/c1-13-11-27-9-8-17(13)24(33)29-15-4-2-14-3-6-18-21(23(26)32)30-31(22(18)19(14)10-15)16-5-7-20(25)28-12-16/h2,4-5,7-12H,3,6H2,1H3,(H2,25,28)(H2,26,32)(H,29,33). The van der Waals surface area contributed by atoms with Crippen LogP contribution in [0.5, 0.6) is 0 Å². The molecule has 0 radical (unpaired) electrons. The third-order valence-electron chi connectivity index (χ3n) is 5.76. The van der Waals surface area contributed by atoms with Crippen LogP contribution in [0.3, 0.4) is 0 Å². The van der Waals surface area contributed by atoms with E-state index in [4.69, 9.17) is 11.5 Å². The third-order valence-corrected chi connectivity index (χ3v) is 5.76. The summed E-state index contributed by atoms with van der Waals surface area (Å²) >= 11 is 0. The second kappa shape index (κ2) is 7.86. The highest BCUT2D eigenvalue weighted by molar-refractivity contribution is 6.05. The first kappa shape index (κ1) is 20.4. The molecule has 0 saturated carbocycles. The highest BCUT2D eigenvalue weighted by atomic mass is 16.2. The number of pyridine rings is 2. The molecule has 5 rings (SSSR count). The van der Waals surface area contributed by atoms with Crippen LogP contribution in [-0.2, 0) is 12.8 Å². The number of benzene rings is 1. The van der Waals surface area contributed by atoms with Gasteiger partial charge in [-0.3, -0.25) is 14.6 Å². The van der Waals surface area contributed by atoms with Crippen molar-refractivity contribution in [3.8, 4) is 16.9 Å². The zero-order valence-corrected chi connectivity index (χ0v) is 17.9. The monoisotopic (exact) mass is 439 g/mol. The molecule has 0 saturated heterocycles. The van der Waals surface area contributed by atoms with E-state index in [0.29, 0.717) is 29.2 Å². The van der Waals surface area contributed by atoms with E-state index in [1.807, 2.05) is 25.1 Å². The Morgan fingerprint density at radius 3 is 2.67 bits per heavy atom. The summed E-state index contributed by atoms with van der Waals surface area (Å²) in [5, 5.41) is 7.47. The van der Waals surface area contributed by atoms with Gasteiger partial charge < -0.3 is 16.8 Å². The Bertz CT molecular complexity index is 1410. The van der Waals surface area contributed by atoms with E-state index in [9.17, 15) is 9.59 Å². The molecule has 0 unspecified atom stereocenters. The average Bonchev–Trinajstić information content (AvgIpc) is 3.20. The highest BCUT2D eigenvalue weighted by Gasteiger charge is 2.28. The van der Waals surface area contributed by atoms with E-state index < -0.39 is 5.91 Å². The number of carbonyl (C=O) groups is 2. The van der Waals surface area contributed by atoms with E-state index in [-0.39, 0.29) is 11.6 Å². The van der Waals surface area contributed by atoms with Crippen molar-refractivity contribution < 1.29 is 9.59 Å². The van der Waals surface area contributed by atoms with Gasteiger partial charge in [0.25, 0.3) is 11.8 Å². The number of rotatable bonds is 4. The Balaban J connectivity index is 1.61. The lowest BCUT2D eigenvalue weighted by atomic mass is 9.88. The molecule has 5 N–H and O–H groups in total. The first-order valence-corrected chi connectivity index (χ1v) is 10.4. The number of anilines is 2. The summed E-state index contributed by atoms with van der Waals surface area (Å²) in [6.45, 7) is 1.84. The molecular formula is C24H21N7O2. The number of hydrogen-bond acceptors (Lipinski definition) is 6. The molecule has 0 aliphatic heterocycles. The van der Waals surface area contributed by atoms with Crippen LogP contribution in [0.15, 0.2) is 55.0 Å². The molecule has 3 aromatic heterocycles. The van der Waals surface area contributed by atoms with E-state index in [1.165, 1.54) is 0 Å². The average molecular weight is 439 g/mol. The first-order chi connectivity index (χ1) is 15.9. The van der Waals surface area contributed by atoms with Crippen LogP contribution in [0.25, 0.3) is 16.9 Å². The summed E-state index contributed by atoms with van der Waals surface area (Å²) < 4.78 is 1.67. The summed E-state index contributed by atoms with van der Waals surface area (Å²) in [5.41, 5.74) is 17.7. The number of nitrogens with one attached hydrogen (secondary N) is 1. The van der Waals surface area contributed by atoms with E-state index in [0.717, 1.165) is 34.4 Å². The molecule has 0 bridgehead atoms. The topological polar surface area (TPSA) is 142 Å². The van der Waals surface area contributed by atoms with Crippen molar-refractivity contribution in [2.75, 3.05) is 11.1 Å². The molecule has 33 heavy (non-hydrogen) atoms. The summed E-state index contributed by atoms with van der Waals surface area (Å²) in [4.78, 5) is 33.1. The second-order valence-electron chi connectivity index (χ2n) is 7.91. The van der Waals surface area contributed by atoms with Crippen LogP contribution in [0, 0.1) is 6.92 Å². The van der Waals surface area contributed by atoms with Crippen LogP contribution < -0.4 is 16.8 Å². The van der Waals surface area contributed by atoms with Crippen molar-refractivity contribution in [2.45, 2.75) is 19.8 Å². The number of nitrogen functional groups attached to an aromatic ring is 1. The van der Waals surface area contributed by atoms with Gasteiger partial charge in [0.05, 0.1) is 17.6 Å². The van der Waals surface area contributed by atoms with Crippen LogP contribution in [0.2, 0.25) is 0 Å². The number of hydrogen-bond donors (Lipinski definition) is 3. The van der Waals surface area contributed by atoms with Crippen LogP contribution in [0.4, 0.5) is 11.5 Å². The van der Waals surface area contributed by atoms with Gasteiger partial charge in [0.15, 0.2) is 5.69 Å². The number of fused-ring (bicyclic) bond motifs is 3. The van der Waals surface area contributed by atoms with Gasteiger partial charge in [0.1, 0.15) is 5.82 Å². The van der Waals surface area contributed by atoms with Crippen molar-refractivity contribution in [3.63, 3.8) is 0 Å². The Kier molecular flexibility index (Phi) is 4.86. The van der Waals surface area contributed by atoms with Gasteiger partial charge in [0.2, 0.25) is 0 Å². The molecule has 0 fully saturated rings. The summed E-state index contributed by atoms with van der Waals surface area (Å²) in [6.07, 6.45) is 6.20. The zero-order valence-electron chi connectivity index (χ0n) is 17.9. The maximum Gasteiger partial charge on any atom is 0.269 e. The number of amides is 2. The fourth-order valence-corrected chi connectivity index (χ4v) is 4.15. The number of primary amides is 1. The van der Waals surface area contributed by atoms with E-state index in [1.54, 1.807) is 41.5 Å². The molecule has 2 amide bonds. The zero-order chi connectivity index (χ0) is 23.1. The molecule has 1 aliphatic carbocycles. The van der Waals surface area contributed by atoms with Crippen molar-refractivity contribution in [2.24, 2.45) is 5.73 Å². The minimum Gasteiger partial charge on any atom is -0.384 e. The molecule has 0 spiro atoms. The summed E-state index contributed by atoms with van der Waals surface area (Å²) in [7, 11) is 0. The fourth-order valence-electron chi connectivity index (χ4n) is 4.15. The smallest absolute Gasteiger partial charge is 0.269 e. The van der Waals surface area contributed by atoms with Crippen molar-refractivity contribution in [1.82, 2.24) is 19.7 Å². The number of nitrogens with two attached hydrogens (primary N) is 2. The normalized spacial score (nSPS) is 12.0. The van der Waals surface area contributed by atoms with Gasteiger partial charge in [-0.1, -0.05) is 6.07 Å². The lowest BCUT2D eigenvalue weighted by Crippen LogP contribution is -2.16. The van der Waals surface area contributed by atoms with Crippen LogP contribution in [0.1, 0.15) is 37.5 Å². The van der Waals surface area contributed by atoms with Crippen LogP contribution >= 0.6 is 0 Å². The predicted molar refractivity (Wildman–Crippen MR) is 124 cm³/mol. The SMILES string of the molecule is Cc1cnccc1C(=O)Nc1ccc2c(c1)-c1c(c(C(N)=O)nn1-c1ccc(N)nc1)CC2. The number of aromatic nitrogens is 4. The number of carbonyl (C=O) groups excluding carboxylic acids is 2.